The van der Waals surface area contributed by atoms with Crippen molar-refractivity contribution in [3.05, 3.63) is 0 Å². The standard InChI is InChI=1S/2C36H72NO8P/c2*1-6-8-10-12-14-16-18-20-22-24-26-28-35(38)42-32-34(33-44-46(40,41)43-31-30-37(3,4)5)45-36(39)29-27-25-23-21-19-17-15-13-11-9-7-2/h2*34H,6-33H2,1-5H3/p+1/t2*34-/m11/s1. The average molecular weight is 1360 g/mol. The van der Waals surface area contributed by atoms with Crippen LogP contribution in [0, 0.1) is 0 Å². The van der Waals surface area contributed by atoms with Crippen LogP contribution in [-0.2, 0) is 65.4 Å². The van der Waals surface area contributed by atoms with Crippen molar-refractivity contribution in [2.24, 2.45) is 0 Å². The molecule has 0 saturated heterocycles. The Bertz CT molecular complexity index is 1670. The summed E-state index contributed by atoms with van der Waals surface area (Å²) in [6.07, 6.45) is 51.3. The SMILES string of the molecule is CCCCCCCCCCCCCC(=O)OC[C@H](COP(=O)(O)OCC[N+](C)(C)C)OC(=O)CCCCCCCCCCCCC.CCCCCCCCCCCCCC(=O)OC[C@H](COP(=O)([O-])OCC[N+](C)(C)C)OC(=O)CCCCCCCCCCCCC. The van der Waals surface area contributed by atoms with E-state index in [-0.39, 0.29) is 57.6 Å². The monoisotopic (exact) mass is 1360 g/mol. The molecule has 0 aromatic heterocycles. The van der Waals surface area contributed by atoms with Gasteiger partial charge >= 0.3 is 31.7 Å². The average Bonchev–Trinajstić information content (AvgIpc) is 1.80. The summed E-state index contributed by atoms with van der Waals surface area (Å²) in [5.74, 6) is -1.62. The first-order valence-corrected chi connectivity index (χ1v) is 40.5. The number of quaternary nitrogens is 2. The second-order valence-electron chi connectivity index (χ2n) is 27.9. The highest BCUT2D eigenvalue weighted by Crippen LogP contribution is 2.43. The van der Waals surface area contributed by atoms with Gasteiger partial charge in [-0.2, -0.15) is 0 Å². The van der Waals surface area contributed by atoms with Crippen molar-refractivity contribution in [1.82, 2.24) is 0 Å². The van der Waals surface area contributed by atoms with Crippen molar-refractivity contribution in [3.8, 4) is 0 Å². The summed E-state index contributed by atoms with van der Waals surface area (Å²) >= 11 is 0. The second-order valence-corrected chi connectivity index (χ2v) is 30.8. The van der Waals surface area contributed by atoms with Gasteiger partial charge in [0.15, 0.2) is 12.2 Å². The molecular weight excluding hydrogens is 1210 g/mol. The van der Waals surface area contributed by atoms with E-state index in [1.165, 1.54) is 205 Å². The molecule has 0 radical (unpaired) electrons. The minimum absolute atomic E-state index is 0.0263. The molecule has 20 heteroatoms. The molecule has 4 atom stereocenters. The summed E-state index contributed by atoms with van der Waals surface area (Å²) in [5.41, 5.74) is 0. The van der Waals surface area contributed by atoms with E-state index in [0.29, 0.717) is 41.3 Å². The number of rotatable bonds is 68. The molecule has 0 saturated carbocycles. The number of carbonyl (C=O) groups excluding carboxylic acids is 4. The molecule has 0 aliphatic rings. The summed E-state index contributed by atoms with van der Waals surface area (Å²) in [5, 5.41) is 0. The van der Waals surface area contributed by atoms with Crippen LogP contribution in [0.1, 0.15) is 336 Å². The Balaban J connectivity index is 0. The molecular formula is C72H145N2O16P2+. The topological polar surface area (TPSA) is 220 Å². The summed E-state index contributed by atoms with van der Waals surface area (Å²) in [6, 6.07) is 0. The van der Waals surface area contributed by atoms with Crippen molar-refractivity contribution >= 4 is 39.5 Å². The van der Waals surface area contributed by atoms with Crippen LogP contribution in [-0.4, -0.2) is 145 Å². The molecule has 0 aromatic carbocycles. The minimum atomic E-state index is -4.60. The van der Waals surface area contributed by atoms with Crippen molar-refractivity contribution in [2.45, 2.75) is 348 Å². The lowest BCUT2D eigenvalue weighted by atomic mass is 10.1. The predicted molar refractivity (Wildman–Crippen MR) is 373 cm³/mol. The number of carbonyl (C=O) groups is 4. The molecule has 0 bridgehead atoms. The number of phosphoric acid groups is 2. The zero-order valence-corrected chi connectivity index (χ0v) is 62.9. The van der Waals surface area contributed by atoms with Gasteiger partial charge in [0.25, 0.3) is 7.82 Å². The predicted octanol–water partition coefficient (Wildman–Crippen LogP) is 18.7. The van der Waals surface area contributed by atoms with Gasteiger partial charge in [0, 0.05) is 25.7 Å². The zero-order chi connectivity index (χ0) is 68.7. The number of ether oxygens (including phenoxy) is 4. The number of likely N-dealkylation sites (N-methyl/N-ethyl adjacent to an activating group) is 2. The Morgan fingerprint density at radius 3 is 0.815 bits per heavy atom. The quantitative estimate of drug-likeness (QED) is 0.0197. The Morgan fingerprint density at radius 2 is 0.554 bits per heavy atom. The summed E-state index contributed by atoms with van der Waals surface area (Å²) in [6.45, 7) is 8.61. The summed E-state index contributed by atoms with van der Waals surface area (Å²) in [4.78, 5) is 72.3. The largest absolute Gasteiger partial charge is 0.756 e. The molecule has 0 amide bonds. The van der Waals surface area contributed by atoms with Crippen LogP contribution in [0.2, 0.25) is 0 Å². The third-order valence-corrected chi connectivity index (χ3v) is 18.2. The van der Waals surface area contributed by atoms with Crippen LogP contribution in [0.15, 0.2) is 0 Å². The highest BCUT2D eigenvalue weighted by atomic mass is 31.2. The normalized spacial score (nSPS) is 13.8. The maximum absolute atomic E-state index is 12.6. The lowest BCUT2D eigenvalue weighted by Gasteiger charge is -2.28. The third-order valence-electron chi connectivity index (χ3n) is 16.3. The second kappa shape index (κ2) is 63.7. The number of hydrogen-bond donors (Lipinski definition) is 1. The Hall–Kier alpha value is -1.98. The highest BCUT2D eigenvalue weighted by molar-refractivity contribution is 7.47. The molecule has 1 N–H and O–H groups in total. The lowest BCUT2D eigenvalue weighted by molar-refractivity contribution is -0.870. The van der Waals surface area contributed by atoms with Gasteiger partial charge in [0.2, 0.25) is 0 Å². The van der Waals surface area contributed by atoms with Crippen LogP contribution in [0.5, 0.6) is 0 Å². The van der Waals surface area contributed by atoms with Gasteiger partial charge in [-0.3, -0.25) is 32.8 Å². The van der Waals surface area contributed by atoms with Crippen LogP contribution in [0.4, 0.5) is 0 Å². The van der Waals surface area contributed by atoms with E-state index in [0.717, 1.165) is 64.2 Å². The van der Waals surface area contributed by atoms with Gasteiger partial charge in [-0.1, -0.05) is 285 Å². The van der Waals surface area contributed by atoms with E-state index in [1.54, 1.807) is 0 Å². The van der Waals surface area contributed by atoms with Crippen LogP contribution in [0.25, 0.3) is 0 Å². The highest BCUT2D eigenvalue weighted by Gasteiger charge is 2.27. The number of unbranched alkanes of at least 4 members (excludes halogenated alkanes) is 40. The molecule has 0 aliphatic carbocycles. The molecule has 548 valence electrons. The fraction of sp³-hybridized carbons (Fsp3) is 0.944. The van der Waals surface area contributed by atoms with Gasteiger partial charge in [-0.25, -0.2) is 4.57 Å². The summed E-state index contributed by atoms with van der Waals surface area (Å²) < 4.78 is 67.8. The van der Waals surface area contributed by atoms with E-state index in [4.69, 9.17) is 37.0 Å². The lowest BCUT2D eigenvalue weighted by Crippen LogP contribution is -2.37. The molecule has 0 spiro atoms. The molecule has 0 aromatic rings. The Kier molecular flexibility index (Phi) is 63.8. The van der Waals surface area contributed by atoms with Gasteiger partial charge in [-0.15, -0.1) is 0 Å². The van der Waals surface area contributed by atoms with Crippen molar-refractivity contribution in [2.75, 3.05) is 95.0 Å². The third kappa shape index (κ3) is 72.3. The first kappa shape index (κ1) is 92.1. The number of nitrogens with zero attached hydrogens (tertiary/aromatic N) is 2. The van der Waals surface area contributed by atoms with Crippen molar-refractivity contribution in [1.29, 1.82) is 0 Å². The molecule has 0 fully saturated rings. The van der Waals surface area contributed by atoms with Gasteiger partial charge < -0.3 is 46.7 Å². The first-order chi connectivity index (χ1) is 44.0. The molecule has 18 nitrogen and oxygen atoms in total. The summed E-state index contributed by atoms with van der Waals surface area (Å²) in [7, 11) is 2.66. The molecule has 2 unspecified atom stereocenters. The van der Waals surface area contributed by atoms with Crippen molar-refractivity contribution in [3.63, 3.8) is 0 Å². The Morgan fingerprint density at radius 1 is 0.326 bits per heavy atom. The molecule has 0 heterocycles. The fourth-order valence-corrected chi connectivity index (χ4v) is 11.7. The zero-order valence-electron chi connectivity index (χ0n) is 61.1. The molecule has 0 rings (SSSR count). The van der Waals surface area contributed by atoms with E-state index >= 15 is 0 Å². The number of hydrogen-bond acceptors (Lipinski definition) is 15. The van der Waals surface area contributed by atoms with E-state index in [2.05, 4.69) is 27.7 Å². The van der Waals surface area contributed by atoms with Crippen LogP contribution in [0.3, 0.4) is 0 Å². The van der Waals surface area contributed by atoms with Crippen molar-refractivity contribution < 1.29 is 84.1 Å². The van der Waals surface area contributed by atoms with Gasteiger partial charge in [0.1, 0.15) is 39.5 Å². The first-order valence-electron chi connectivity index (χ1n) is 37.5. The van der Waals surface area contributed by atoms with Gasteiger partial charge in [-0.05, 0) is 25.7 Å². The fourth-order valence-electron chi connectivity index (χ4n) is 10.3. The van der Waals surface area contributed by atoms with Crippen LogP contribution < -0.4 is 4.89 Å². The van der Waals surface area contributed by atoms with E-state index in [9.17, 15) is 38.1 Å². The molecule has 92 heavy (non-hydrogen) atoms. The minimum Gasteiger partial charge on any atom is -0.756 e. The maximum atomic E-state index is 12.6. The number of esters is 4. The van der Waals surface area contributed by atoms with Crippen LogP contribution >= 0.6 is 15.6 Å². The van der Waals surface area contributed by atoms with E-state index in [1.807, 2.05) is 42.3 Å². The molecule has 0 aliphatic heterocycles. The maximum Gasteiger partial charge on any atom is 0.472 e. The number of phosphoric ester groups is 2. The Labute approximate surface area is 564 Å². The van der Waals surface area contributed by atoms with Gasteiger partial charge in [0.05, 0.1) is 55.5 Å². The smallest absolute Gasteiger partial charge is 0.472 e. The van der Waals surface area contributed by atoms with E-state index < -0.39 is 53.0 Å².